The molecule has 0 amide bonds. The number of aryl methyl sites for hydroxylation is 1. The van der Waals surface area contributed by atoms with Crippen LogP contribution in [0.25, 0.3) is 0 Å². The van der Waals surface area contributed by atoms with Crippen molar-refractivity contribution >= 4 is 22.9 Å². The summed E-state index contributed by atoms with van der Waals surface area (Å²) in [7, 11) is 0. The molecule has 0 aromatic carbocycles. The minimum Gasteiger partial charge on any atom is -0.300 e. The van der Waals surface area contributed by atoms with Crippen LogP contribution < -0.4 is 0 Å². The number of thiazole rings is 1. The lowest BCUT2D eigenvalue weighted by molar-refractivity contribution is 0.245. The van der Waals surface area contributed by atoms with E-state index in [0.29, 0.717) is 5.88 Å². The minimum atomic E-state index is 0.541. The van der Waals surface area contributed by atoms with Gasteiger partial charge in [-0.1, -0.05) is 13.8 Å². The second-order valence-electron chi connectivity index (χ2n) is 5.92. The van der Waals surface area contributed by atoms with Gasteiger partial charge in [0.05, 0.1) is 16.6 Å². The number of halogens is 1. The zero-order valence-electron chi connectivity index (χ0n) is 12.1. The van der Waals surface area contributed by atoms with E-state index in [1.165, 1.54) is 43.8 Å². The van der Waals surface area contributed by atoms with Gasteiger partial charge in [-0.2, -0.15) is 0 Å². The van der Waals surface area contributed by atoms with Gasteiger partial charge in [-0.3, -0.25) is 0 Å². The third-order valence-electron chi connectivity index (χ3n) is 3.63. The van der Waals surface area contributed by atoms with Gasteiger partial charge in [0.15, 0.2) is 0 Å². The molecule has 1 aromatic heterocycles. The van der Waals surface area contributed by atoms with Crippen LogP contribution in [0.2, 0.25) is 0 Å². The molecule has 0 unspecified atom stereocenters. The maximum Gasteiger partial charge on any atom is 0.0929 e. The van der Waals surface area contributed by atoms with E-state index in [4.69, 9.17) is 11.6 Å². The van der Waals surface area contributed by atoms with Crippen molar-refractivity contribution in [3.8, 4) is 0 Å². The van der Waals surface area contributed by atoms with Crippen LogP contribution in [0, 0.1) is 5.92 Å². The first-order valence-corrected chi connectivity index (χ1v) is 8.83. The van der Waals surface area contributed by atoms with Crippen molar-refractivity contribution in [1.82, 2.24) is 9.88 Å². The number of aromatic nitrogens is 1. The molecule has 0 N–H and O–H groups in total. The molecule has 1 aromatic rings. The number of hydrogen-bond donors (Lipinski definition) is 0. The molecule has 1 aliphatic carbocycles. The van der Waals surface area contributed by atoms with Crippen molar-refractivity contribution in [2.45, 2.75) is 57.9 Å². The molecule has 1 heterocycles. The summed E-state index contributed by atoms with van der Waals surface area (Å²) in [6, 6.07) is 0.883. The maximum absolute atomic E-state index is 5.78. The third-order valence-corrected chi connectivity index (χ3v) is 4.86. The van der Waals surface area contributed by atoms with E-state index in [1.807, 2.05) is 0 Å². The van der Waals surface area contributed by atoms with Gasteiger partial charge in [-0.05, 0) is 44.7 Å². The van der Waals surface area contributed by atoms with Crippen molar-refractivity contribution in [2.75, 3.05) is 13.1 Å². The fourth-order valence-corrected chi connectivity index (χ4v) is 3.37. The molecule has 108 valence electrons. The molecule has 0 spiro atoms. The lowest BCUT2D eigenvalue weighted by Crippen LogP contribution is -2.29. The average molecular weight is 301 g/mol. The quantitative estimate of drug-likeness (QED) is 0.631. The number of rotatable bonds is 9. The SMILES string of the molecule is CC(C)CCN(CCCc1nc(CCl)cs1)C1CC1. The fourth-order valence-electron chi connectivity index (χ4n) is 2.30. The van der Waals surface area contributed by atoms with Crippen LogP contribution in [0.3, 0.4) is 0 Å². The van der Waals surface area contributed by atoms with Crippen molar-refractivity contribution in [1.29, 1.82) is 0 Å². The smallest absolute Gasteiger partial charge is 0.0929 e. The van der Waals surface area contributed by atoms with Crippen LogP contribution in [0.5, 0.6) is 0 Å². The molecule has 1 fully saturated rings. The Bertz CT molecular complexity index is 374. The van der Waals surface area contributed by atoms with Gasteiger partial charge < -0.3 is 4.90 Å². The Morgan fingerprint density at radius 2 is 2.21 bits per heavy atom. The van der Waals surface area contributed by atoms with E-state index in [-0.39, 0.29) is 0 Å². The molecule has 1 aliphatic rings. The van der Waals surface area contributed by atoms with Gasteiger partial charge in [0.25, 0.3) is 0 Å². The summed E-state index contributed by atoms with van der Waals surface area (Å²) in [5.74, 6) is 1.35. The topological polar surface area (TPSA) is 16.1 Å². The Labute approximate surface area is 126 Å². The zero-order valence-corrected chi connectivity index (χ0v) is 13.6. The predicted octanol–water partition coefficient (Wildman–Crippen LogP) is 4.33. The van der Waals surface area contributed by atoms with Crippen molar-refractivity contribution in [3.63, 3.8) is 0 Å². The monoisotopic (exact) mass is 300 g/mol. The predicted molar refractivity (Wildman–Crippen MR) is 84.0 cm³/mol. The van der Waals surface area contributed by atoms with Gasteiger partial charge in [0, 0.05) is 17.8 Å². The van der Waals surface area contributed by atoms with Crippen LogP contribution in [0.15, 0.2) is 5.38 Å². The van der Waals surface area contributed by atoms with Crippen LogP contribution in [-0.2, 0) is 12.3 Å². The maximum atomic E-state index is 5.78. The van der Waals surface area contributed by atoms with E-state index >= 15 is 0 Å². The molecule has 19 heavy (non-hydrogen) atoms. The Kier molecular flexibility index (Phi) is 6.11. The second-order valence-corrected chi connectivity index (χ2v) is 7.13. The minimum absolute atomic E-state index is 0.541. The van der Waals surface area contributed by atoms with Gasteiger partial charge in [0.1, 0.15) is 0 Å². The van der Waals surface area contributed by atoms with Crippen LogP contribution in [-0.4, -0.2) is 29.0 Å². The number of hydrogen-bond acceptors (Lipinski definition) is 3. The zero-order chi connectivity index (χ0) is 13.7. The normalized spacial score (nSPS) is 15.6. The van der Waals surface area contributed by atoms with Gasteiger partial charge in [-0.15, -0.1) is 22.9 Å². The van der Waals surface area contributed by atoms with Crippen molar-refractivity contribution in [2.24, 2.45) is 5.92 Å². The first-order valence-electron chi connectivity index (χ1n) is 7.42. The lowest BCUT2D eigenvalue weighted by atomic mass is 10.1. The highest BCUT2D eigenvalue weighted by atomic mass is 35.5. The van der Waals surface area contributed by atoms with E-state index < -0.39 is 0 Å². The van der Waals surface area contributed by atoms with Gasteiger partial charge in [-0.25, -0.2) is 4.98 Å². The Balaban J connectivity index is 1.69. The van der Waals surface area contributed by atoms with E-state index in [9.17, 15) is 0 Å². The second kappa shape index (κ2) is 7.61. The highest BCUT2D eigenvalue weighted by Crippen LogP contribution is 2.27. The molecule has 0 saturated heterocycles. The molecule has 2 rings (SSSR count). The van der Waals surface area contributed by atoms with Gasteiger partial charge >= 0.3 is 0 Å². The molecule has 0 atom stereocenters. The Morgan fingerprint density at radius 3 is 2.79 bits per heavy atom. The summed E-state index contributed by atoms with van der Waals surface area (Å²) in [6.07, 6.45) is 6.47. The average Bonchev–Trinajstić information content (AvgIpc) is 3.12. The lowest BCUT2D eigenvalue weighted by Gasteiger charge is -2.22. The standard InChI is InChI=1S/C15H25ClN2S/c1-12(2)7-9-18(14-5-6-14)8-3-4-15-17-13(10-16)11-19-15/h11-12,14H,3-10H2,1-2H3. The molecule has 1 saturated carbocycles. The van der Waals surface area contributed by atoms with Crippen molar-refractivity contribution in [3.05, 3.63) is 16.1 Å². The third kappa shape index (κ3) is 5.41. The first-order chi connectivity index (χ1) is 9.19. The molecule has 0 radical (unpaired) electrons. The van der Waals surface area contributed by atoms with E-state index in [0.717, 1.165) is 24.1 Å². The molecular formula is C15H25ClN2S. The fraction of sp³-hybridized carbons (Fsp3) is 0.800. The molecular weight excluding hydrogens is 276 g/mol. The molecule has 4 heteroatoms. The summed E-state index contributed by atoms with van der Waals surface area (Å²) in [5.41, 5.74) is 1.03. The van der Waals surface area contributed by atoms with Crippen molar-refractivity contribution < 1.29 is 0 Å². The number of nitrogens with zero attached hydrogens (tertiary/aromatic N) is 2. The van der Waals surface area contributed by atoms with Gasteiger partial charge in [0.2, 0.25) is 0 Å². The van der Waals surface area contributed by atoms with Crippen LogP contribution >= 0.6 is 22.9 Å². The highest BCUT2D eigenvalue weighted by molar-refractivity contribution is 7.09. The first kappa shape index (κ1) is 15.3. The van der Waals surface area contributed by atoms with E-state index in [1.54, 1.807) is 11.3 Å². The highest BCUT2D eigenvalue weighted by Gasteiger charge is 2.28. The molecule has 0 aliphatic heterocycles. The Hall–Kier alpha value is -0.120. The molecule has 2 nitrogen and oxygen atoms in total. The summed E-state index contributed by atoms with van der Waals surface area (Å²) in [5, 5.41) is 3.33. The summed E-state index contributed by atoms with van der Waals surface area (Å²) < 4.78 is 0. The summed E-state index contributed by atoms with van der Waals surface area (Å²) in [4.78, 5) is 7.22. The Morgan fingerprint density at radius 1 is 1.42 bits per heavy atom. The summed E-state index contributed by atoms with van der Waals surface area (Å²) in [6.45, 7) is 7.13. The molecule has 0 bridgehead atoms. The van der Waals surface area contributed by atoms with E-state index in [2.05, 4.69) is 29.1 Å². The largest absolute Gasteiger partial charge is 0.300 e. The van der Waals surface area contributed by atoms with Crippen LogP contribution in [0.1, 0.15) is 50.2 Å². The van der Waals surface area contributed by atoms with Crippen LogP contribution in [0.4, 0.5) is 0 Å². The number of alkyl halides is 1. The summed E-state index contributed by atoms with van der Waals surface area (Å²) >= 11 is 7.54.